The summed E-state index contributed by atoms with van der Waals surface area (Å²) in [7, 11) is 0. The van der Waals surface area contributed by atoms with Crippen LogP contribution >= 0.6 is 0 Å². The molecule has 0 aromatic carbocycles. The normalized spacial score (nSPS) is 52.4. The van der Waals surface area contributed by atoms with Gasteiger partial charge in [0.05, 0.1) is 11.5 Å². The molecule has 8 atom stereocenters. The van der Waals surface area contributed by atoms with Crippen molar-refractivity contribution in [2.75, 3.05) is 0 Å². The first-order chi connectivity index (χ1) is 15.1. The number of aliphatic hydroxyl groups is 1. The summed E-state index contributed by atoms with van der Waals surface area (Å²) in [6.45, 7) is 16.9. The van der Waals surface area contributed by atoms with Crippen molar-refractivity contribution < 1.29 is 15.0 Å². The van der Waals surface area contributed by atoms with Gasteiger partial charge in [-0.05, 0) is 109 Å². The van der Waals surface area contributed by atoms with Crippen molar-refractivity contribution in [1.82, 2.24) is 0 Å². The van der Waals surface area contributed by atoms with Crippen LogP contribution in [0.15, 0.2) is 11.6 Å². The van der Waals surface area contributed by atoms with E-state index in [9.17, 15) is 15.0 Å². The Labute approximate surface area is 201 Å². The highest BCUT2D eigenvalue weighted by Crippen LogP contribution is 2.75. The number of aliphatic hydroxyl groups excluding tert-OH is 1. The fourth-order valence-corrected chi connectivity index (χ4v) is 10.6. The standard InChI is InChI=1S/C30H48O3/c1-25(2)14-16-30(24(32)33)17-15-28(6)19(20(30)18-25)8-9-22-27(5)12-11-23(31)26(3,4)21(27)10-13-29(22,28)7/h8,20-23,31H,9-18H2,1-7H3,(H,32,33)/t20-,21?,22+,23-,27?,28+,29+,30-/m0/s1. The topological polar surface area (TPSA) is 57.5 Å². The van der Waals surface area contributed by atoms with Crippen LogP contribution in [0.2, 0.25) is 0 Å². The Bertz CT molecular complexity index is 885. The predicted octanol–water partition coefficient (Wildman–Crippen LogP) is 7.23. The van der Waals surface area contributed by atoms with Gasteiger partial charge in [-0.3, -0.25) is 4.79 Å². The summed E-state index contributed by atoms with van der Waals surface area (Å²) in [5.41, 5.74) is 1.68. The van der Waals surface area contributed by atoms with Crippen LogP contribution in [0, 0.1) is 50.2 Å². The smallest absolute Gasteiger partial charge is 0.310 e. The average Bonchev–Trinajstić information content (AvgIpc) is 2.71. The highest BCUT2D eigenvalue weighted by atomic mass is 16.4. The van der Waals surface area contributed by atoms with Gasteiger partial charge in [0.25, 0.3) is 0 Å². The lowest BCUT2D eigenvalue weighted by atomic mass is 9.33. The first kappa shape index (κ1) is 23.9. The molecular weight excluding hydrogens is 408 g/mol. The lowest BCUT2D eigenvalue weighted by Crippen LogP contribution is -2.65. The molecule has 0 aromatic rings. The summed E-state index contributed by atoms with van der Waals surface area (Å²) in [4.78, 5) is 12.8. The maximum Gasteiger partial charge on any atom is 0.310 e. The van der Waals surface area contributed by atoms with E-state index >= 15 is 0 Å². The number of carboxylic acids is 1. The fraction of sp³-hybridized carbons (Fsp3) is 0.900. The monoisotopic (exact) mass is 456 g/mol. The SMILES string of the molecule is CC1(C)CC[C@]2(C(=O)O)CC[C@]3(C)C(=CC[C@@H]4C5(C)CC[C@H](O)C(C)(C)C5CC[C@]43C)[C@@H]2C1. The van der Waals surface area contributed by atoms with Crippen LogP contribution in [-0.2, 0) is 4.79 Å². The van der Waals surface area contributed by atoms with Crippen LogP contribution in [-0.4, -0.2) is 22.3 Å². The van der Waals surface area contributed by atoms with Crippen molar-refractivity contribution >= 4 is 5.97 Å². The van der Waals surface area contributed by atoms with E-state index in [4.69, 9.17) is 0 Å². The molecular formula is C30H48O3. The van der Waals surface area contributed by atoms with Gasteiger partial charge >= 0.3 is 5.97 Å². The van der Waals surface area contributed by atoms with Crippen molar-refractivity contribution in [2.24, 2.45) is 50.2 Å². The Morgan fingerprint density at radius 2 is 1.55 bits per heavy atom. The molecule has 33 heavy (non-hydrogen) atoms. The van der Waals surface area contributed by atoms with Gasteiger partial charge in [0, 0.05) is 0 Å². The number of allylic oxidation sites excluding steroid dienone is 2. The van der Waals surface area contributed by atoms with Gasteiger partial charge in [-0.2, -0.15) is 0 Å². The van der Waals surface area contributed by atoms with Crippen LogP contribution in [0.25, 0.3) is 0 Å². The van der Waals surface area contributed by atoms with Crippen molar-refractivity contribution in [3.05, 3.63) is 11.6 Å². The van der Waals surface area contributed by atoms with Crippen LogP contribution in [0.5, 0.6) is 0 Å². The van der Waals surface area contributed by atoms with Crippen molar-refractivity contribution in [1.29, 1.82) is 0 Å². The van der Waals surface area contributed by atoms with Gasteiger partial charge in [0.1, 0.15) is 0 Å². The van der Waals surface area contributed by atoms with Gasteiger partial charge < -0.3 is 10.2 Å². The van der Waals surface area contributed by atoms with E-state index < -0.39 is 11.4 Å². The third-order valence-corrected chi connectivity index (χ3v) is 13.0. The number of aliphatic carboxylic acids is 1. The number of hydrogen-bond donors (Lipinski definition) is 2. The van der Waals surface area contributed by atoms with Crippen LogP contribution in [0.4, 0.5) is 0 Å². The summed E-state index contributed by atoms with van der Waals surface area (Å²) in [5.74, 6) is 0.807. The second-order valence-corrected chi connectivity index (χ2v) is 15.1. The van der Waals surface area contributed by atoms with E-state index in [0.29, 0.717) is 11.8 Å². The number of carbonyl (C=O) groups is 1. The summed E-state index contributed by atoms with van der Waals surface area (Å²) in [6, 6.07) is 0. The maximum atomic E-state index is 12.8. The van der Waals surface area contributed by atoms with Gasteiger partial charge in [-0.25, -0.2) is 0 Å². The van der Waals surface area contributed by atoms with E-state index in [2.05, 4.69) is 54.5 Å². The van der Waals surface area contributed by atoms with Crippen molar-refractivity contribution in [3.63, 3.8) is 0 Å². The van der Waals surface area contributed by atoms with Gasteiger partial charge in [0.15, 0.2) is 0 Å². The van der Waals surface area contributed by atoms with Crippen LogP contribution in [0.3, 0.4) is 0 Å². The summed E-state index contributed by atoms with van der Waals surface area (Å²) < 4.78 is 0. The molecule has 5 rings (SSSR count). The third kappa shape index (κ3) is 2.87. The summed E-state index contributed by atoms with van der Waals surface area (Å²) >= 11 is 0. The van der Waals surface area contributed by atoms with E-state index in [0.717, 1.165) is 51.4 Å². The lowest BCUT2D eigenvalue weighted by molar-refractivity contribution is -0.205. The highest BCUT2D eigenvalue weighted by molar-refractivity contribution is 5.76. The Hall–Kier alpha value is -0.830. The molecule has 0 radical (unpaired) electrons. The third-order valence-electron chi connectivity index (χ3n) is 13.0. The average molecular weight is 457 g/mol. The molecule has 2 N–H and O–H groups in total. The molecule has 3 heteroatoms. The largest absolute Gasteiger partial charge is 0.481 e. The summed E-state index contributed by atoms with van der Waals surface area (Å²) in [5, 5.41) is 21.4. The molecule has 0 bridgehead atoms. The van der Waals surface area contributed by atoms with Gasteiger partial charge in [-0.1, -0.05) is 60.1 Å². The quantitative estimate of drug-likeness (QED) is 0.409. The fourth-order valence-electron chi connectivity index (χ4n) is 10.6. The Morgan fingerprint density at radius 1 is 0.879 bits per heavy atom. The minimum absolute atomic E-state index is 0.0301. The lowest BCUT2D eigenvalue weighted by Gasteiger charge is -2.71. The molecule has 2 unspecified atom stereocenters. The molecule has 0 spiro atoms. The minimum atomic E-state index is -0.553. The number of carboxylic acid groups (broad SMARTS) is 1. The first-order valence-corrected chi connectivity index (χ1v) is 13.8. The van der Waals surface area contributed by atoms with Crippen molar-refractivity contribution in [3.8, 4) is 0 Å². The van der Waals surface area contributed by atoms with Gasteiger partial charge in [-0.15, -0.1) is 0 Å². The van der Waals surface area contributed by atoms with Crippen molar-refractivity contribution in [2.45, 2.75) is 119 Å². The second kappa shape index (κ2) is 6.89. The predicted molar refractivity (Wildman–Crippen MR) is 133 cm³/mol. The molecule has 0 aliphatic heterocycles. The minimum Gasteiger partial charge on any atom is -0.481 e. The Morgan fingerprint density at radius 3 is 2.21 bits per heavy atom. The second-order valence-electron chi connectivity index (χ2n) is 15.1. The molecule has 3 nitrogen and oxygen atoms in total. The zero-order valence-electron chi connectivity index (χ0n) is 22.3. The molecule has 0 heterocycles. The number of fused-ring (bicyclic) bond motifs is 7. The summed E-state index contributed by atoms with van der Waals surface area (Å²) in [6.07, 6.45) is 12.6. The molecule has 0 aromatic heterocycles. The first-order valence-electron chi connectivity index (χ1n) is 13.8. The molecule has 0 amide bonds. The molecule has 0 saturated heterocycles. The maximum absolute atomic E-state index is 12.8. The molecule has 4 fully saturated rings. The number of rotatable bonds is 1. The zero-order valence-corrected chi connectivity index (χ0v) is 22.3. The molecule has 186 valence electrons. The molecule has 5 aliphatic rings. The Balaban J connectivity index is 1.60. The molecule has 4 saturated carbocycles. The number of hydrogen-bond acceptors (Lipinski definition) is 2. The zero-order chi connectivity index (χ0) is 24.2. The Kier molecular flexibility index (Phi) is 4.99. The molecule has 5 aliphatic carbocycles. The van der Waals surface area contributed by atoms with Crippen LogP contribution in [0.1, 0.15) is 113 Å². The van der Waals surface area contributed by atoms with E-state index in [1.165, 1.54) is 18.4 Å². The van der Waals surface area contributed by atoms with E-state index in [-0.39, 0.29) is 39.1 Å². The van der Waals surface area contributed by atoms with Gasteiger partial charge in [0.2, 0.25) is 0 Å². The van der Waals surface area contributed by atoms with Crippen LogP contribution < -0.4 is 0 Å². The highest BCUT2D eigenvalue weighted by Gasteiger charge is 2.69. The van der Waals surface area contributed by atoms with E-state index in [1.54, 1.807) is 0 Å². The van der Waals surface area contributed by atoms with E-state index in [1.807, 2.05) is 0 Å².